The predicted molar refractivity (Wildman–Crippen MR) is 139 cm³/mol. The summed E-state index contributed by atoms with van der Waals surface area (Å²) in [6.07, 6.45) is 8.00. The van der Waals surface area contributed by atoms with E-state index in [1.165, 1.54) is 5.56 Å². The van der Waals surface area contributed by atoms with Crippen LogP contribution < -0.4 is 10.1 Å². The second-order valence-corrected chi connectivity index (χ2v) is 10.5. The summed E-state index contributed by atoms with van der Waals surface area (Å²) in [6.45, 7) is 5.07. The van der Waals surface area contributed by atoms with Crippen LogP contribution in [0.5, 0.6) is 5.75 Å². The molecule has 8 heteroatoms. The molecule has 2 aliphatic heterocycles. The van der Waals surface area contributed by atoms with Gasteiger partial charge in [0.05, 0.1) is 12.7 Å². The van der Waals surface area contributed by atoms with Gasteiger partial charge in [0.25, 0.3) is 0 Å². The zero-order valence-corrected chi connectivity index (χ0v) is 22.1. The van der Waals surface area contributed by atoms with Gasteiger partial charge in [-0.2, -0.15) is 0 Å². The molecule has 0 bridgehead atoms. The van der Waals surface area contributed by atoms with Crippen molar-refractivity contribution in [2.75, 3.05) is 26.7 Å². The van der Waals surface area contributed by atoms with Crippen molar-refractivity contribution < 1.29 is 19.4 Å². The van der Waals surface area contributed by atoms with Crippen molar-refractivity contribution in [2.45, 2.75) is 94.9 Å². The molecule has 7 nitrogen and oxygen atoms in total. The maximum Gasteiger partial charge on any atom is 0.246 e. The van der Waals surface area contributed by atoms with Crippen LogP contribution in [0.3, 0.4) is 0 Å². The average molecular weight is 508 g/mol. The third-order valence-corrected chi connectivity index (χ3v) is 8.16. The topological polar surface area (TPSA) is 82.1 Å². The number of hydrogen-bond donors (Lipinski definition) is 2. The molecule has 2 saturated heterocycles. The smallest absolute Gasteiger partial charge is 0.246 e. The summed E-state index contributed by atoms with van der Waals surface area (Å²) >= 11 is 0. The quantitative estimate of drug-likeness (QED) is 0.561. The third-order valence-electron chi connectivity index (χ3n) is 8.16. The van der Waals surface area contributed by atoms with Crippen molar-refractivity contribution >= 4 is 24.2 Å². The molecule has 1 aromatic carbocycles. The maximum absolute atomic E-state index is 13.7. The fourth-order valence-corrected chi connectivity index (χ4v) is 6.02. The lowest BCUT2D eigenvalue weighted by Gasteiger charge is -2.52. The first-order valence-corrected chi connectivity index (χ1v) is 13.1. The van der Waals surface area contributed by atoms with Crippen molar-refractivity contribution in [1.29, 1.82) is 0 Å². The minimum atomic E-state index is -0.839. The van der Waals surface area contributed by atoms with E-state index in [0.717, 1.165) is 57.5 Å². The van der Waals surface area contributed by atoms with E-state index in [1.807, 2.05) is 17.0 Å². The van der Waals surface area contributed by atoms with E-state index in [0.29, 0.717) is 38.6 Å². The Morgan fingerprint density at radius 1 is 1.06 bits per heavy atom. The molecule has 1 atom stereocenters. The Labute approximate surface area is 216 Å². The highest BCUT2D eigenvalue weighted by molar-refractivity contribution is 6.00. The van der Waals surface area contributed by atoms with Gasteiger partial charge in [0.15, 0.2) is 0 Å². The molecule has 1 aromatic rings. The van der Waals surface area contributed by atoms with Gasteiger partial charge in [0, 0.05) is 32.6 Å². The number of likely N-dealkylation sites (tertiary alicyclic amines) is 1. The maximum atomic E-state index is 13.7. The van der Waals surface area contributed by atoms with Gasteiger partial charge in [0.2, 0.25) is 11.8 Å². The molecule has 0 radical (unpaired) electrons. The van der Waals surface area contributed by atoms with Gasteiger partial charge in [0.1, 0.15) is 17.3 Å². The van der Waals surface area contributed by atoms with E-state index in [-0.39, 0.29) is 24.2 Å². The Morgan fingerprint density at radius 2 is 1.71 bits per heavy atom. The van der Waals surface area contributed by atoms with Crippen LogP contribution in [0.15, 0.2) is 24.3 Å². The van der Waals surface area contributed by atoms with Crippen LogP contribution in [0, 0.1) is 0 Å². The number of methoxy groups -OCH3 is 1. The van der Waals surface area contributed by atoms with E-state index >= 15 is 0 Å². The second kappa shape index (κ2) is 11.9. The van der Waals surface area contributed by atoms with Crippen molar-refractivity contribution in [1.82, 2.24) is 15.1 Å². The van der Waals surface area contributed by atoms with Crippen LogP contribution in [0.25, 0.3) is 0 Å². The molecule has 4 rings (SSSR count). The first-order valence-electron chi connectivity index (χ1n) is 13.1. The first-order chi connectivity index (χ1) is 16.4. The summed E-state index contributed by atoms with van der Waals surface area (Å²) in [7, 11) is 1.67. The molecule has 2 amide bonds. The number of halogens is 1. The average Bonchev–Trinajstić information content (AvgIpc) is 2.84. The van der Waals surface area contributed by atoms with Crippen LogP contribution in [0.2, 0.25) is 0 Å². The molecule has 35 heavy (non-hydrogen) atoms. The van der Waals surface area contributed by atoms with Crippen molar-refractivity contribution in [3.8, 4) is 5.75 Å². The van der Waals surface area contributed by atoms with E-state index in [4.69, 9.17) is 4.74 Å². The number of aliphatic hydroxyl groups is 1. The standard InChI is InChI=1S/C27H41N3O4.ClH/c1-3-4-16-30-24(31)23(19-26(33)12-6-5-7-13-26)28-25(32)27(30)14-17-29(18-15-27)20-21-8-10-22(34-2)11-9-21;/h8-11,23,33H,3-7,12-20H2,1-2H3,(H,28,32);1H/t23-;/m1./s1. The van der Waals surface area contributed by atoms with Gasteiger partial charge in [-0.25, -0.2) is 0 Å². The molecule has 1 aliphatic carbocycles. The number of piperidine rings is 1. The highest BCUT2D eigenvalue weighted by Gasteiger charge is 2.54. The minimum Gasteiger partial charge on any atom is -0.497 e. The largest absolute Gasteiger partial charge is 0.497 e. The SMILES string of the molecule is CCCCN1C(=O)[C@@H](CC2(O)CCCCC2)NC(=O)C12CCN(Cc1ccc(OC)cc1)CC2.Cl. The Hall–Kier alpha value is -1.83. The molecule has 0 aromatic heterocycles. The Kier molecular flexibility index (Phi) is 9.47. The molecular weight excluding hydrogens is 466 g/mol. The van der Waals surface area contributed by atoms with Crippen LogP contribution in [-0.2, 0) is 16.1 Å². The highest BCUT2D eigenvalue weighted by Crippen LogP contribution is 2.37. The first kappa shape index (κ1) is 27.8. The normalized spacial score (nSPS) is 24.1. The van der Waals surface area contributed by atoms with Gasteiger partial charge in [-0.3, -0.25) is 14.5 Å². The predicted octanol–water partition coefficient (Wildman–Crippen LogP) is 3.66. The summed E-state index contributed by atoms with van der Waals surface area (Å²) in [4.78, 5) is 31.5. The summed E-state index contributed by atoms with van der Waals surface area (Å²) < 4.78 is 5.25. The number of nitrogens with zero attached hydrogens (tertiary/aromatic N) is 2. The van der Waals surface area contributed by atoms with Gasteiger partial charge in [-0.05, 0) is 49.8 Å². The third kappa shape index (κ3) is 6.12. The summed E-state index contributed by atoms with van der Waals surface area (Å²) in [5.41, 5.74) is -0.396. The van der Waals surface area contributed by atoms with Crippen LogP contribution in [0.4, 0.5) is 0 Å². The molecular formula is C27H42ClN3O4. The number of carbonyl (C=O) groups excluding carboxylic acids is 2. The van der Waals surface area contributed by atoms with Crippen molar-refractivity contribution in [2.24, 2.45) is 0 Å². The molecule has 3 aliphatic rings. The number of hydrogen-bond acceptors (Lipinski definition) is 5. The van der Waals surface area contributed by atoms with E-state index in [1.54, 1.807) is 7.11 Å². The molecule has 3 fully saturated rings. The Bertz CT molecular complexity index is 848. The summed E-state index contributed by atoms with van der Waals surface area (Å²) in [5, 5.41) is 14.1. The number of carbonyl (C=O) groups is 2. The van der Waals surface area contributed by atoms with Crippen molar-refractivity contribution in [3.05, 3.63) is 29.8 Å². The molecule has 2 heterocycles. The van der Waals surface area contributed by atoms with Crippen LogP contribution in [0.1, 0.15) is 76.7 Å². The zero-order valence-electron chi connectivity index (χ0n) is 21.3. The van der Waals surface area contributed by atoms with Gasteiger partial charge >= 0.3 is 0 Å². The zero-order chi connectivity index (χ0) is 24.2. The fourth-order valence-electron chi connectivity index (χ4n) is 6.02. The number of ether oxygens (including phenoxy) is 1. The molecule has 196 valence electrons. The Morgan fingerprint density at radius 3 is 2.31 bits per heavy atom. The van der Waals surface area contributed by atoms with E-state index < -0.39 is 17.2 Å². The van der Waals surface area contributed by atoms with Gasteiger partial charge in [-0.15, -0.1) is 12.4 Å². The summed E-state index contributed by atoms with van der Waals surface area (Å²) in [6, 6.07) is 7.49. The van der Waals surface area contributed by atoms with Gasteiger partial charge < -0.3 is 20.1 Å². The number of piperazine rings is 1. The molecule has 2 N–H and O–H groups in total. The lowest BCUT2D eigenvalue weighted by atomic mass is 9.77. The highest BCUT2D eigenvalue weighted by atomic mass is 35.5. The number of unbranched alkanes of at least 4 members (excludes halogenated alkanes) is 1. The van der Waals surface area contributed by atoms with Crippen LogP contribution >= 0.6 is 12.4 Å². The molecule has 1 spiro atoms. The molecule has 1 saturated carbocycles. The lowest BCUT2D eigenvalue weighted by molar-refractivity contribution is -0.163. The van der Waals surface area contributed by atoms with Gasteiger partial charge in [-0.1, -0.05) is 44.7 Å². The van der Waals surface area contributed by atoms with Crippen molar-refractivity contribution in [3.63, 3.8) is 0 Å². The number of nitrogens with one attached hydrogen (secondary N) is 1. The summed E-state index contributed by atoms with van der Waals surface area (Å²) in [5.74, 6) is 0.810. The molecule has 0 unspecified atom stereocenters. The number of amides is 2. The number of rotatable bonds is 8. The number of benzene rings is 1. The minimum absolute atomic E-state index is 0. The van der Waals surface area contributed by atoms with E-state index in [9.17, 15) is 14.7 Å². The monoisotopic (exact) mass is 507 g/mol. The fraction of sp³-hybridized carbons (Fsp3) is 0.704. The lowest BCUT2D eigenvalue weighted by Crippen LogP contribution is -2.73. The second-order valence-electron chi connectivity index (χ2n) is 10.5. The van der Waals surface area contributed by atoms with E-state index in [2.05, 4.69) is 29.3 Å². The van der Waals surface area contributed by atoms with Crippen LogP contribution in [-0.4, -0.2) is 70.6 Å². The Balaban J connectivity index is 0.00000342.